The molecule has 0 fully saturated rings. The van der Waals surface area contributed by atoms with Crippen LogP contribution in [0, 0.1) is 0 Å². The van der Waals surface area contributed by atoms with Gasteiger partial charge in [-0.05, 0) is 12.1 Å². The van der Waals surface area contributed by atoms with E-state index in [4.69, 9.17) is 28.3 Å². The van der Waals surface area contributed by atoms with Crippen LogP contribution >= 0.6 is 23.2 Å². The molecule has 0 saturated heterocycles. The largest absolute Gasteiger partial charge is 0.481 e. The number of fused-ring (bicyclic) bond motifs is 1. The van der Waals surface area contributed by atoms with Crippen molar-refractivity contribution in [1.29, 1.82) is 0 Å². The van der Waals surface area contributed by atoms with Crippen LogP contribution in [0.3, 0.4) is 0 Å². The Hall–Kier alpha value is -1.99. The first-order chi connectivity index (χ1) is 10.8. The molecule has 2 atom stereocenters. The molecular formula is C14H14Cl2N2O5. The molecule has 1 aliphatic heterocycles. The van der Waals surface area contributed by atoms with Crippen molar-refractivity contribution in [2.24, 2.45) is 0 Å². The number of hydrogen-bond donors (Lipinski definition) is 4. The normalized spacial score (nSPS) is 19.4. The third kappa shape index (κ3) is 4.27. The summed E-state index contributed by atoms with van der Waals surface area (Å²) in [5.41, 5.74) is 0.974. The highest BCUT2D eigenvalue weighted by molar-refractivity contribution is 6.35. The predicted octanol–water partition coefficient (Wildman–Crippen LogP) is 2.28. The Morgan fingerprint density at radius 3 is 2.52 bits per heavy atom. The molecule has 1 aliphatic rings. The molecule has 0 aliphatic carbocycles. The van der Waals surface area contributed by atoms with Gasteiger partial charge in [0.15, 0.2) is 0 Å². The highest BCUT2D eigenvalue weighted by Crippen LogP contribution is 2.39. The van der Waals surface area contributed by atoms with Crippen LogP contribution in [0.2, 0.25) is 10.0 Å². The number of carbonyl (C=O) groups excluding carboxylic acids is 1. The van der Waals surface area contributed by atoms with Gasteiger partial charge in [-0.3, -0.25) is 9.59 Å². The van der Waals surface area contributed by atoms with Crippen LogP contribution in [-0.4, -0.2) is 34.1 Å². The minimum absolute atomic E-state index is 0.0858. The first-order valence-electron chi connectivity index (χ1n) is 6.77. The van der Waals surface area contributed by atoms with E-state index in [9.17, 15) is 19.5 Å². The number of carboxylic acids is 2. The van der Waals surface area contributed by atoms with Gasteiger partial charge in [-0.1, -0.05) is 23.2 Å². The highest BCUT2D eigenvalue weighted by Gasteiger charge is 2.33. The number of anilines is 1. The average molecular weight is 361 g/mol. The predicted molar refractivity (Wildman–Crippen MR) is 83.9 cm³/mol. The van der Waals surface area contributed by atoms with E-state index in [1.807, 2.05) is 0 Å². The van der Waals surface area contributed by atoms with Gasteiger partial charge in [-0.15, -0.1) is 0 Å². The van der Waals surface area contributed by atoms with Crippen LogP contribution in [0.15, 0.2) is 12.1 Å². The highest BCUT2D eigenvalue weighted by atomic mass is 35.5. The lowest BCUT2D eigenvalue weighted by atomic mass is 9.92. The van der Waals surface area contributed by atoms with Crippen molar-refractivity contribution >= 4 is 46.7 Å². The Balaban J connectivity index is 2.26. The summed E-state index contributed by atoms with van der Waals surface area (Å²) in [6.07, 6.45) is -0.416. The van der Waals surface area contributed by atoms with Crippen LogP contribution in [0.5, 0.6) is 0 Å². The second-order valence-corrected chi connectivity index (χ2v) is 5.98. The summed E-state index contributed by atoms with van der Waals surface area (Å²) in [5, 5.41) is 23.9. The Labute approximate surface area is 141 Å². The molecule has 1 amide bonds. The van der Waals surface area contributed by atoms with Crippen molar-refractivity contribution in [3.63, 3.8) is 0 Å². The lowest BCUT2D eigenvalue weighted by Gasteiger charge is -2.32. The minimum atomic E-state index is -1.08. The quantitative estimate of drug-likeness (QED) is 0.640. The van der Waals surface area contributed by atoms with Gasteiger partial charge in [0, 0.05) is 34.1 Å². The van der Waals surface area contributed by atoms with Crippen molar-refractivity contribution in [1.82, 2.24) is 5.32 Å². The molecule has 2 rings (SSSR count). The van der Waals surface area contributed by atoms with E-state index in [1.165, 1.54) is 12.1 Å². The molecule has 1 aromatic rings. The summed E-state index contributed by atoms with van der Waals surface area (Å²) in [4.78, 5) is 33.7. The summed E-state index contributed by atoms with van der Waals surface area (Å²) in [6.45, 7) is 0. The fourth-order valence-electron chi connectivity index (χ4n) is 2.44. The van der Waals surface area contributed by atoms with Crippen LogP contribution in [0.25, 0.3) is 0 Å². The Morgan fingerprint density at radius 1 is 1.22 bits per heavy atom. The van der Waals surface area contributed by atoms with E-state index in [-0.39, 0.29) is 19.3 Å². The van der Waals surface area contributed by atoms with Crippen molar-refractivity contribution in [3.8, 4) is 0 Å². The first kappa shape index (κ1) is 17.4. The molecule has 1 heterocycles. The molecule has 9 heteroatoms. The van der Waals surface area contributed by atoms with Crippen LogP contribution in [-0.2, 0) is 14.4 Å². The SMILES string of the molecule is O=C(O)CCC(=O)NC1CC(C(=O)O)Nc2cc(Cl)cc(Cl)c21. The van der Waals surface area contributed by atoms with Gasteiger partial charge in [0.2, 0.25) is 5.91 Å². The molecule has 1 aromatic carbocycles. The number of nitrogens with one attached hydrogen (secondary N) is 2. The molecule has 23 heavy (non-hydrogen) atoms. The standard InChI is InChI=1S/C14H14Cl2N2O5/c15-6-3-7(16)13-8(4-6)17-10(14(22)23)5-9(13)18-11(19)1-2-12(20)21/h3-4,9-10,17H,1-2,5H2,(H,18,19)(H,20,21)(H,22,23). The van der Waals surface area contributed by atoms with Crippen LogP contribution in [0.1, 0.15) is 30.9 Å². The van der Waals surface area contributed by atoms with E-state index in [0.29, 0.717) is 21.3 Å². The van der Waals surface area contributed by atoms with E-state index >= 15 is 0 Å². The maximum atomic E-state index is 11.9. The molecule has 124 valence electrons. The smallest absolute Gasteiger partial charge is 0.326 e. The summed E-state index contributed by atoms with van der Waals surface area (Å²) >= 11 is 12.1. The zero-order valence-corrected chi connectivity index (χ0v) is 13.3. The van der Waals surface area contributed by atoms with E-state index in [0.717, 1.165) is 0 Å². The van der Waals surface area contributed by atoms with Gasteiger partial charge in [-0.2, -0.15) is 0 Å². The monoisotopic (exact) mass is 360 g/mol. The summed E-state index contributed by atoms with van der Waals surface area (Å²) in [5.74, 6) is -2.64. The molecule has 4 N–H and O–H groups in total. The Morgan fingerprint density at radius 2 is 1.91 bits per heavy atom. The molecular weight excluding hydrogens is 347 g/mol. The molecule has 0 aromatic heterocycles. The fraction of sp³-hybridized carbons (Fsp3) is 0.357. The van der Waals surface area contributed by atoms with E-state index in [1.54, 1.807) is 0 Å². The summed E-state index contributed by atoms with van der Waals surface area (Å²) in [6, 6.07) is 1.48. The number of aliphatic carboxylic acids is 2. The number of hydrogen-bond acceptors (Lipinski definition) is 4. The van der Waals surface area contributed by atoms with Gasteiger partial charge in [0.25, 0.3) is 0 Å². The molecule has 0 saturated carbocycles. The van der Waals surface area contributed by atoms with Gasteiger partial charge < -0.3 is 20.8 Å². The van der Waals surface area contributed by atoms with Crippen molar-refractivity contribution in [3.05, 3.63) is 27.7 Å². The number of halogens is 2. The Kier molecular flexibility index (Phi) is 5.33. The van der Waals surface area contributed by atoms with E-state index < -0.39 is 29.9 Å². The van der Waals surface area contributed by atoms with Crippen LogP contribution in [0.4, 0.5) is 5.69 Å². The molecule has 7 nitrogen and oxygen atoms in total. The number of rotatable bonds is 5. The summed E-state index contributed by atoms with van der Waals surface area (Å²) in [7, 11) is 0. The zero-order chi connectivity index (χ0) is 17.1. The average Bonchev–Trinajstić information content (AvgIpc) is 2.43. The van der Waals surface area contributed by atoms with Crippen molar-refractivity contribution in [2.45, 2.75) is 31.3 Å². The van der Waals surface area contributed by atoms with Gasteiger partial charge in [0.1, 0.15) is 6.04 Å². The second-order valence-electron chi connectivity index (χ2n) is 5.13. The number of carbonyl (C=O) groups is 3. The van der Waals surface area contributed by atoms with Crippen molar-refractivity contribution < 1.29 is 24.6 Å². The molecule has 0 spiro atoms. The van der Waals surface area contributed by atoms with Gasteiger partial charge in [0.05, 0.1) is 12.5 Å². The second kappa shape index (κ2) is 7.06. The van der Waals surface area contributed by atoms with Gasteiger partial charge >= 0.3 is 11.9 Å². The minimum Gasteiger partial charge on any atom is -0.481 e. The lowest BCUT2D eigenvalue weighted by Crippen LogP contribution is -2.41. The lowest BCUT2D eigenvalue weighted by molar-refractivity contribution is -0.138. The topological polar surface area (TPSA) is 116 Å². The van der Waals surface area contributed by atoms with Crippen LogP contribution < -0.4 is 10.6 Å². The molecule has 0 radical (unpaired) electrons. The van der Waals surface area contributed by atoms with E-state index in [2.05, 4.69) is 10.6 Å². The fourth-order valence-corrected chi connectivity index (χ4v) is 3.06. The maximum Gasteiger partial charge on any atom is 0.326 e. The third-order valence-corrected chi connectivity index (χ3v) is 3.97. The number of carboxylic acid groups (broad SMARTS) is 2. The van der Waals surface area contributed by atoms with Crippen molar-refractivity contribution in [2.75, 3.05) is 5.32 Å². The Bertz CT molecular complexity index is 665. The van der Waals surface area contributed by atoms with Gasteiger partial charge in [-0.25, -0.2) is 4.79 Å². The number of amides is 1. The molecule has 0 bridgehead atoms. The zero-order valence-electron chi connectivity index (χ0n) is 11.8. The summed E-state index contributed by atoms with van der Waals surface area (Å²) < 4.78 is 0. The first-order valence-corrected chi connectivity index (χ1v) is 7.53. The maximum absolute atomic E-state index is 11.9. The molecule has 2 unspecified atom stereocenters. The third-order valence-electron chi connectivity index (χ3n) is 3.44. The number of benzene rings is 1.